The quantitative estimate of drug-likeness (QED) is 0.813. The van der Waals surface area contributed by atoms with Crippen LogP contribution >= 0.6 is 0 Å². The molecule has 1 fully saturated rings. The number of carboxylic acid groups (broad SMARTS) is 1. The van der Waals surface area contributed by atoms with Crippen LogP contribution in [0.3, 0.4) is 0 Å². The first-order chi connectivity index (χ1) is 10.2. The predicted molar refractivity (Wildman–Crippen MR) is 83.7 cm³/mol. The van der Waals surface area contributed by atoms with Gasteiger partial charge in [0.05, 0.1) is 0 Å². The van der Waals surface area contributed by atoms with Gasteiger partial charge in [-0.3, -0.25) is 9.59 Å². The van der Waals surface area contributed by atoms with Crippen LogP contribution in [0.4, 0.5) is 4.79 Å². The third kappa shape index (κ3) is 10.2. The van der Waals surface area contributed by atoms with Gasteiger partial charge in [0.15, 0.2) is 11.9 Å². The van der Waals surface area contributed by atoms with Crippen molar-refractivity contribution in [2.75, 3.05) is 6.54 Å². The maximum absolute atomic E-state index is 11.6. The minimum absolute atomic E-state index is 0.0391. The number of Topliss-reactive ketones (excluding diaryl/α,β-unsaturated/α-hetero) is 1. The first-order valence-corrected chi connectivity index (χ1v) is 7.91. The van der Waals surface area contributed by atoms with Crippen LogP contribution in [0.25, 0.3) is 0 Å². The Hall–Kier alpha value is -1.59. The van der Waals surface area contributed by atoms with E-state index < -0.39 is 18.2 Å². The number of rotatable bonds is 5. The van der Waals surface area contributed by atoms with Gasteiger partial charge in [-0.05, 0) is 25.7 Å². The summed E-state index contributed by atoms with van der Waals surface area (Å²) in [6, 6.07) is 0. The highest BCUT2D eigenvalue weighted by Crippen LogP contribution is 2.22. The molecule has 1 rings (SSSR count). The average Bonchev–Trinajstić information content (AvgIpc) is 2.44. The Bertz CT molecular complexity index is 358. The molecule has 0 saturated heterocycles. The van der Waals surface area contributed by atoms with Gasteiger partial charge in [-0.15, -0.1) is 0 Å². The van der Waals surface area contributed by atoms with Crippen molar-refractivity contribution >= 4 is 17.8 Å². The van der Waals surface area contributed by atoms with Gasteiger partial charge in [0, 0.05) is 19.4 Å². The number of aliphatic carboxylic acids is 1. The first kappa shape index (κ1) is 20.4. The van der Waals surface area contributed by atoms with Crippen LogP contribution in [-0.2, 0) is 14.3 Å². The molecule has 0 heterocycles. The third-order valence-electron chi connectivity index (χ3n) is 3.51. The predicted octanol–water partition coefficient (Wildman–Crippen LogP) is 3.00. The zero-order valence-corrected chi connectivity index (χ0v) is 14.1. The van der Waals surface area contributed by atoms with E-state index in [1.165, 1.54) is 32.1 Å². The van der Waals surface area contributed by atoms with Gasteiger partial charge >= 0.3 is 6.09 Å². The van der Waals surface area contributed by atoms with E-state index in [0.717, 1.165) is 6.92 Å². The molecule has 2 N–H and O–H groups in total. The highest BCUT2D eigenvalue weighted by Gasteiger charge is 2.21. The summed E-state index contributed by atoms with van der Waals surface area (Å²) in [7, 11) is 0. The Morgan fingerprint density at radius 1 is 1.14 bits per heavy atom. The largest absolute Gasteiger partial charge is 0.481 e. The first-order valence-electron chi connectivity index (χ1n) is 7.91. The summed E-state index contributed by atoms with van der Waals surface area (Å²) >= 11 is 0. The number of ketones is 1. The fraction of sp³-hybridized carbons (Fsp3) is 0.812. The van der Waals surface area contributed by atoms with Crippen molar-refractivity contribution in [1.82, 2.24) is 5.32 Å². The standard InChI is InChI=1S/C14H25NO3.C2H4O2/c1-10(2)13(16)11(3)18-14(17)15-9-12-7-5-4-6-8-12;1-2(3)4/h10-12H,4-9H2,1-3H3,(H,15,17);1H3,(H,3,4)/t11-;/m1./s1. The lowest BCUT2D eigenvalue weighted by molar-refractivity contribution is -0.134. The van der Waals surface area contributed by atoms with E-state index in [4.69, 9.17) is 14.6 Å². The Morgan fingerprint density at radius 3 is 2.09 bits per heavy atom. The minimum Gasteiger partial charge on any atom is -0.481 e. The van der Waals surface area contributed by atoms with E-state index in [1.807, 2.05) is 13.8 Å². The number of carboxylic acids is 1. The second-order valence-electron chi connectivity index (χ2n) is 6.01. The van der Waals surface area contributed by atoms with Gasteiger partial charge < -0.3 is 15.2 Å². The highest BCUT2D eigenvalue weighted by molar-refractivity contribution is 5.86. The Kier molecular flexibility index (Phi) is 10.2. The molecule has 1 saturated carbocycles. The van der Waals surface area contributed by atoms with Crippen molar-refractivity contribution in [2.45, 2.75) is 65.9 Å². The smallest absolute Gasteiger partial charge is 0.407 e. The van der Waals surface area contributed by atoms with Crippen molar-refractivity contribution in [2.24, 2.45) is 11.8 Å². The number of carbonyl (C=O) groups is 3. The fourth-order valence-corrected chi connectivity index (χ4v) is 2.35. The molecule has 1 atom stereocenters. The molecule has 22 heavy (non-hydrogen) atoms. The lowest BCUT2D eigenvalue weighted by Crippen LogP contribution is -2.36. The van der Waals surface area contributed by atoms with Crippen LogP contribution in [-0.4, -0.2) is 35.6 Å². The topological polar surface area (TPSA) is 92.7 Å². The molecule has 0 unspecified atom stereocenters. The lowest BCUT2D eigenvalue weighted by Gasteiger charge is -2.22. The molecule has 0 bridgehead atoms. The molecular formula is C16H29NO5. The highest BCUT2D eigenvalue weighted by atomic mass is 16.6. The van der Waals surface area contributed by atoms with E-state index in [2.05, 4.69) is 5.32 Å². The maximum Gasteiger partial charge on any atom is 0.407 e. The normalized spacial score (nSPS) is 16.2. The number of carbonyl (C=O) groups excluding carboxylic acids is 2. The van der Waals surface area contributed by atoms with E-state index in [9.17, 15) is 9.59 Å². The summed E-state index contributed by atoms with van der Waals surface area (Å²) in [6.07, 6.45) is 5.05. The number of ether oxygens (including phenoxy) is 1. The van der Waals surface area contributed by atoms with Crippen LogP contribution < -0.4 is 5.32 Å². The second kappa shape index (κ2) is 11.0. The molecule has 1 amide bonds. The summed E-state index contributed by atoms with van der Waals surface area (Å²) in [4.78, 5) is 32.1. The van der Waals surface area contributed by atoms with Gasteiger partial charge in [-0.1, -0.05) is 33.1 Å². The Labute approximate surface area is 132 Å². The molecule has 0 spiro atoms. The van der Waals surface area contributed by atoms with Crippen LogP contribution in [0, 0.1) is 11.8 Å². The molecular weight excluding hydrogens is 286 g/mol. The minimum atomic E-state index is -0.833. The summed E-state index contributed by atoms with van der Waals surface area (Å²) in [5, 5.41) is 10.2. The van der Waals surface area contributed by atoms with Gasteiger partial charge in [-0.2, -0.15) is 0 Å². The van der Waals surface area contributed by atoms with Crippen molar-refractivity contribution in [3.63, 3.8) is 0 Å². The molecule has 0 radical (unpaired) electrons. The molecule has 128 valence electrons. The van der Waals surface area contributed by atoms with Crippen molar-refractivity contribution in [3.05, 3.63) is 0 Å². The number of nitrogens with one attached hydrogen (secondary N) is 1. The Balaban J connectivity index is 0.000000980. The van der Waals surface area contributed by atoms with Crippen LogP contribution in [0.5, 0.6) is 0 Å². The van der Waals surface area contributed by atoms with Crippen molar-refractivity contribution in [3.8, 4) is 0 Å². The zero-order valence-electron chi connectivity index (χ0n) is 14.1. The molecule has 0 aromatic heterocycles. The summed E-state index contributed by atoms with van der Waals surface area (Å²) in [5.74, 6) is -0.406. The van der Waals surface area contributed by atoms with Crippen LogP contribution in [0.15, 0.2) is 0 Å². The molecule has 1 aliphatic rings. The molecule has 0 aromatic rings. The van der Waals surface area contributed by atoms with Gasteiger partial charge in [0.1, 0.15) is 0 Å². The van der Waals surface area contributed by atoms with E-state index in [-0.39, 0.29) is 11.7 Å². The van der Waals surface area contributed by atoms with Crippen LogP contribution in [0.2, 0.25) is 0 Å². The maximum atomic E-state index is 11.6. The summed E-state index contributed by atoms with van der Waals surface area (Å²) < 4.78 is 5.06. The van der Waals surface area contributed by atoms with Gasteiger partial charge in [0.25, 0.3) is 5.97 Å². The number of amides is 1. The average molecular weight is 315 g/mol. The van der Waals surface area contributed by atoms with Crippen molar-refractivity contribution < 1.29 is 24.2 Å². The number of hydrogen-bond donors (Lipinski definition) is 2. The number of hydrogen-bond acceptors (Lipinski definition) is 4. The summed E-state index contributed by atoms with van der Waals surface area (Å²) in [6.45, 7) is 6.99. The molecule has 1 aliphatic carbocycles. The van der Waals surface area contributed by atoms with E-state index >= 15 is 0 Å². The van der Waals surface area contributed by atoms with Crippen molar-refractivity contribution in [1.29, 1.82) is 0 Å². The number of alkyl carbamates (subject to hydrolysis) is 1. The van der Waals surface area contributed by atoms with Gasteiger partial charge in [-0.25, -0.2) is 4.79 Å². The fourth-order valence-electron chi connectivity index (χ4n) is 2.35. The molecule has 0 aromatic carbocycles. The molecule has 6 nitrogen and oxygen atoms in total. The van der Waals surface area contributed by atoms with Gasteiger partial charge in [0.2, 0.25) is 0 Å². The molecule has 6 heteroatoms. The SMILES string of the molecule is CC(=O)O.CC(C)C(=O)[C@@H](C)OC(=O)NCC1CCCCC1. The van der Waals surface area contributed by atoms with E-state index in [0.29, 0.717) is 12.5 Å². The van der Waals surface area contributed by atoms with E-state index in [1.54, 1.807) is 6.92 Å². The Morgan fingerprint density at radius 2 is 1.64 bits per heavy atom. The molecule has 0 aliphatic heterocycles. The van der Waals surface area contributed by atoms with Crippen LogP contribution in [0.1, 0.15) is 59.8 Å². The zero-order chi connectivity index (χ0) is 17.1. The monoisotopic (exact) mass is 315 g/mol. The second-order valence-corrected chi connectivity index (χ2v) is 6.01. The summed E-state index contributed by atoms with van der Waals surface area (Å²) in [5.41, 5.74) is 0. The lowest BCUT2D eigenvalue weighted by atomic mass is 9.89. The third-order valence-corrected chi connectivity index (χ3v) is 3.51.